The fourth-order valence-corrected chi connectivity index (χ4v) is 2.70. The fourth-order valence-electron chi connectivity index (χ4n) is 2.70. The fraction of sp³-hybridized carbons (Fsp3) is 1.00. The molecule has 0 aromatic rings. The standard InChI is InChI=1S/C12H24O2/c1-12(2)8-4-6-10(12)11(13)7-5-9-14-3/h10-11,13H,4-9H2,1-3H3. The smallest absolute Gasteiger partial charge is 0.0574 e. The third-order valence-corrected chi connectivity index (χ3v) is 3.65. The number of aliphatic hydroxyl groups is 1. The van der Waals surface area contributed by atoms with Crippen molar-refractivity contribution in [3.63, 3.8) is 0 Å². The van der Waals surface area contributed by atoms with Gasteiger partial charge in [-0.2, -0.15) is 0 Å². The zero-order valence-electron chi connectivity index (χ0n) is 9.75. The minimum Gasteiger partial charge on any atom is -0.393 e. The van der Waals surface area contributed by atoms with Gasteiger partial charge in [-0.1, -0.05) is 20.3 Å². The van der Waals surface area contributed by atoms with E-state index in [4.69, 9.17) is 4.74 Å². The lowest BCUT2D eigenvalue weighted by atomic mass is 9.77. The maximum atomic E-state index is 10.1. The molecule has 1 aliphatic rings. The maximum absolute atomic E-state index is 10.1. The van der Waals surface area contributed by atoms with Crippen molar-refractivity contribution in [1.82, 2.24) is 0 Å². The van der Waals surface area contributed by atoms with Gasteiger partial charge in [-0.25, -0.2) is 0 Å². The zero-order valence-corrected chi connectivity index (χ0v) is 9.75. The molecule has 0 radical (unpaired) electrons. The molecule has 1 N–H and O–H groups in total. The summed E-state index contributed by atoms with van der Waals surface area (Å²) >= 11 is 0. The van der Waals surface area contributed by atoms with Crippen molar-refractivity contribution in [1.29, 1.82) is 0 Å². The summed E-state index contributed by atoms with van der Waals surface area (Å²) < 4.78 is 5.00. The molecule has 1 aliphatic carbocycles. The van der Waals surface area contributed by atoms with Crippen LogP contribution in [0.15, 0.2) is 0 Å². The van der Waals surface area contributed by atoms with E-state index >= 15 is 0 Å². The van der Waals surface area contributed by atoms with Crippen molar-refractivity contribution in [3.05, 3.63) is 0 Å². The van der Waals surface area contributed by atoms with Crippen LogP contribution in [0, 0.1) is 11.3 Å². The van der Waals surface area contributed by atoms with Crippen molar-refractivity contribution in [2.75, 3.05) is 13.7 Å². The molecule has 0 aliphatic heterocycles. The monoisotopic (exact) mass is 200 g/mol. The van der Waals surface area contributed by atoms with Crippen molar-refractivity contribution in [2.24, 2.45) is 11.3 Å². The highest BCUT2D eigenvalue weighted by Gasteiger charge is 2.38. The van der Waals surface area contributed by atoms with Gasteiger partial charge in [0.15, 0.2) is 0 Å². The average molecular weight is 200 g/mol. The van der Waals surface area contributed by atoms with Crippen molar-refractivity contribution in [3.8, 4) is 0 Å². The molecule has 2 atom stereocenters. The lowest BCUT2D eigenvalue weighted by Crippen LogP contribution is -2.29. The van der Waals surface area contributed by atoms with Gasteiger partial charge in [-0.05, 0) is 37.0 Å². The molecule has 1 saturated carbocycles. The first-order chi connectivity index (χ1) is 6.58. The molecule has 2 unspecified atom stereocenters. The normalized spacial score (nSPS) is 27.9. The highest BCUT2D eigenvalue weighted by molar-refractivity contribution is 4.88. The molecular formula is C12H24O2. The van der Waals surface area contributed by atoms with E-state index in [1.807, 2.05) is 0 Å². The Balaban J connectivity index is 2.32. The molecule has 84 valence electrons. The van der Waals surface area contributed by atoms with E-state index < -0.39 is 0 Å². The first-order valence-corrected chi connectivity index (χ1v) is 5.75. The number of hydrogen-bond donors (Lipinski definition) is 1. The van der Waals surface area contributed by atoms with Gasteiger partial charge in [-0.15, -0.1) is 0 Å². The number of methoxy groups -OCH3 is 1. The molecule has 1 fully saturated rings. The van der Waals surface area contributed by atoms with Gasteiger partial charge in [0.2, 0.25) is 0 Å². The summed E-state index contributed by atoms with van der Waals surface area (Å²) in [6, 6.07) is 0. The number of rotatable bonds is 5. The van der Waals surface area contributed by atoms with E-state index in [2.05, 4.69) is 13.8 Å². The Morgan fingerprint density at radius 3 is 2.71 bits per heavy atom. The third kappa shape index (κ3) is 2.96. The van der Waals surface area contributed by atoms with Crippen LogP contribution in [0.3, 0.4) is 0 Å². The number of hydrogen-bond acceptors (Lipinski definition) is 2. The second-order valence-corrected chi connectivity index (χ2v) is 5.19. The van der Waals surface area contributed by atoms with Crippen molar-refractivity contribution >= 4 is 0 Å². The molecule has 14 heavy (non-hydrogen) atoms. The van der Waals surface area contributed by atoms with Gasteiger partial charge < -0.3 is 9.84 Å². The Bertz CT molecular complexity index is 166. The second kappa shape index (κ2) is 5.13. The molecule has 0 aromatic carbocycles. The lowest BCUT2D eigenvalue weighted by molar-refractivity contribution is 0.0401. The molecule has 0 saturated heterocycles. The Hall–Kier alpha value is -0.0800. The summed E-state index contributed by atoms with van der Waals surface area (Å²) in [5.41, 5.74) is 0.340. The predicted octanol–water partition coefficient (Wildman–Crippen LogP) is 2.60. The third-order valence-electron chi connectivity index (χ3n) is 3.65. The van der Waals surface area contributed by atoms with Gasteiger partial charge in [0.25, 0.3) is 0 Å². The van der Waals surface area contributed by atoms with Crippen LogP contribution in [-0.4, -0.2) is 24.9 Å². The summed E-state index contributed by atoms with van der Waals surface area (Å²) in [4.78, 5) is 0. The molecule has 0 heterocycles. The van der Waals surface area contributed by atoms with E-state index in [1.165, 1.54) is 19.3 Å². The molecule has 0 amide bonds. The quantitative estimate of drug-likeness (QED) is 0.691. The van der Waals surface area contributed by atoms with Crippen LogP contribution in [0.2, 0.25) is 0 Å². The van der Waals surface area contributed by atoms with Gasteiger partial charge in [0.1, 0.15) is 0 Å². The zero-order chi connectivity index (χ0) is 10.6. The molecule has 0 aromatic heterocycles. The maximum Gasteiger partial charge on any atom is 0.0574 e. The SMILES string of the molecule is COCCCC(O)C1CCCC1(C)C. The van der Waals surface area contributed by atoms with Crippen LogP contribution in [0.1, 0.15) is 46.0 Å². The van der Waals surface area contributed by atoms with Gasteiger partial charge in [0.05, 0.1) is 6.10 Å². The Kier molecular flexibility index (Phi) is 4.39. The molecule has 0 spiro atoms. The highest BCUT2D eigenvalue weighted by Crippen LogP contribution is 2.45. The van der Waals surface area contributed by atoms with E-state index in [9.17, 15) is 5.11 Å². The topological polar surface area (TPSA) is 29.5 Å². The van der Waals surface area contributed by atoms with Crippen LogP contribution < -0.4 is 0 Å². The van der Waals surface area contributed by atoms with E-state index in [-0.39, 0.29) is 6.10 Å². The summed E-state index contributed by atoms with van der Waals surface area (Å²) in [6.45, 7) is 5.33. The summed E-state index contributed by atoms with van der Waals surface area (Å²) in [6.07, 6.45) is 5.48. The van der Waals surface area contributed by atoms with E-state index in [0.717, 1.165) is 19.4 Å². The average Bonchev–Trinajstić information content (AvgIpc) is 2.45. The van der Waals surface area contributed by atoms with Crippen LogP contribution in [0.25, 0.3) is 0 Å². The van der Waals surface area contributed by atoms with E-state index in [0.29, 0.717) is 11.3 Å². The first kappa shape index (κ1) is 12.0. The van der Waals surface area contributed by atoms with E-state index in [1.54, 1.807) is 7.11 Å². The van der Waals surface area contributed by atoms with Gasteiger partial charge in [0, 0.05) is 13.7 Å². The van der Waals surface area contributed by atoms with Crippen molar-refractivity contribution < 1.29 is 9.84 Å². The lowest BCUT2D eigenvalue weighted by Gasteiger charge is -2.31. The summed E-state index contributed by atoms with van der Waals surface area (Å²) in [5.74, 6) is 0.499. The first-order valence-electron chi connectivity index (χ1n) is 5.75. The molecule has 2 heteroatoms. The highest BCUT2D eigenvalue weighted by atomic mass is 16.5. The Labute approximate surface area is 87.7 Å². The van der Waals surface area contributed by atoms with Crippen LogP contribution in [-0.2, 0) is 4.74 Å². The minimum atomic E-state index is -0.123. The molecular weight excluding hydrogens is 176 g/mol. The number of ether oxygens (including phenoxy) is 1. The molecule has 0 bridgehead atoms. The Morgan fingerprint density at radius 1 is 1.50 bits per heavy atom. The van der Waals surface area contributed by atoms with Crippen LogP contribution in [0.5, 0.6) is 0 Å². The van der Waals surface area contributed by atoms with Gasteiger partial charge in [-0.3, -0.25) is 0 Å². The largest absolute Gasteiger partial charge is 0.393 e. The second-order valence-electron chi connectivity index (χ2n) is 5.19. The van der Waals surface area contributed by atoms with Crippen LogP contribution in [0.4, 0.5) is 0 Å². The molecule has 2 nitrogen and oxygen atoms in total. The molecule has 1 rings (SSSR count). The van der Waals surface area contributed by atoms with Crippen molar-refractivity contribution in [2.45, 2.75) is 52.1 Å². The predicted molar refractivity (Wildman–Crippen MR) is 58.2 cm³/mol. The Morgan fingerprint density at radius 2 is 2.21 bits per heavy atom. The van der Waals surface area contributed by atoms with Crippen LogP contribution >= 0.6 is 0 Å². The summed E-state index contributed by atoms with van der Waals surface area (Å²) in [5, 5.41) is 10.1. The number of aliphatic hydroxyl groups excluding tert-OH is 1. The summed E-state index contributed by atoms with van der Waals surface area (Å²) in [7, 11) is 1.71. The minimum absolute atomic E-state index is 0.123. The van der Waals surface area contributed by atoms with Gasteiger partial charge >= 0.3 is 0 Å².